The SMILES string of the molecule is CCCOC1CCCN(c2ccc(C(C)O)cc2F)C1. The second-order valence-electron chi connectivity index (χ2n) is 5.47. The Bertz CT molecular complexity index is 436. The Morgan fingerprint density at radius 2 is 2.30 bits per heavy atom. The minimum Gasteiger partial charge on any atom is -0.389 e. The van der Waals surface area contributed by atoms with E-state index in [1.165, 1.54) is 6.07 Å². The molecule has 1 aromatic rings. The summed E-state index contributed by atoms with van der Waals surface area (Å²) in [5, 5.41) is 9.49. The monoisotopic (exact) mass is 281 g/mol. The molecule has 0 bridgehead atoms. The van der Waals surface area contributed by atoms with Gasteiger partial charge >= 0.3 is 0 Å². The summed E-state index contributed by atoms with van der Waals surface area (Å²) in [4.78, 5) is 2.05. The van der Waals surface area contributed by atoms with Gasteiger partial charge in [-0.05, 0) is 43.9 Å². The molecule has 1 aromatic carbocycles. The summed E-state index contributed by atoms with van der Waals surface area (Å²) >= 11 is 0. The van der Waals surface area contributed by atoms with E-state index in [2.05, 4.69) is 6.92 Å². The van der Waals surface area contributed by atoms with E-state index in [1.54, 1.807) is 19.1 Å². The van der Waals surface area contributed by atoms with Gasteiger partial charge in [-0.2, -0.15) is 0 Å². The van der Waals surface area contributed by atoms with Gasteiger partial charge in [0.1, 0.15) is 5.82 Å². The highest BCUT2D eigenvalue weighted by molar-refractivity contribution is 5.50. The topological polar surface area (TPSA) is 32.7 Å². The van der Waals surface area contributed by atoms with Crippen molar-refractivity contribution in [1.29, 1.82) is 0 Å². The smallest absolute Gasteiger partial charge is 0.146 e. The summed E-state index contributed by atoms with van der Waals surface area (Å²) in [5.74, 6) is -0.264. The van der Waals surface area contributed by atoms with Gasteiger partial charge in [0.15, 0.2) is 0 Å². The van der Waals surface area contributed by atoms with E-state index in [9.17, 15) is 9.50 Å². The molecule has 20 heavy (non-hydrogen) atoms. The van der Waals surface area contributed by atoms with Crippen LogP contribution < -0.4 is 4.90 Å². The zero-order valence-electron chi connectivity index (χ0n) is 12.3. The Balaban J connectivity index is 2.06. The van der Waals surface area contributed by atoms with Crippen molar-refractivity contribution in [2.24, 2.45) is 0 Å². The molecule has 1 heterocycles. The predicted molar refractivity (Wildman–Crippen MR) is 78.5 cm³/mol. The number of anilines is 1. The van der Waals surface area contributed by atoms with Crippen LogP contribution in [0.4, 0.5) is 10.1 Å². The van der Waals surface area contributed by atoms with Crippen molar-refractivity contribution in [2.75, 3.05) is 24.6 Å². The third-order valence-electron chi connectivity index (χ3n) is 3.73. The Kier molecular flexibility index (Phi) is 5.38. The first-order valence-electron chi connectivity index (χ1n) is 7.46. The van der Waals surface area contributed by atoms with E-state index in [-0.39, 0.29) is 11.9 Å². The first kappa shape index (κ1) is 15.3. The fourth-order valence-electron chi connectivity index (χ4n) is 2.62. The number of rotatable bonds is 5. The van der Waals surface area contributed by atoms with Gasteiger partial charge in [-0.3, -0.25) is 0 Å². The molecule has 2 atom stereocenters. The molecular weight excluding hydrogens is 257 g/mol. The first-order chi connectivity index (χ1) is 9.61. The van der Waals surface area contributed by atoms with Crippen LogP contribution in [0.2, 0.25) is 0 Å². The van der Waals surface area contributed by atoms with Crippen LogP contribution in [-0.2, 0) is 4.74 Å². The maximum absolute atomic E-state index is 14.2. The van der Waals surface area contributed by atoms with Crippen molar-refractivity contribution in [1.82, 2.24) is 0 Å². The molecule has 3 nitrogen and oxygen atoms in total. The van der Waals surface area contributed by atoms with Gasteiger partial charge in [-0.25, -0.2) is 4.39 Å². The molecule has 112 valence electrons. The van der Waals surface area contributed by atoms with Crippen LogP contribution in [0.25, 0.3) is 0 Å². The van der Waals surface area contributed by atoms with Crippen molar-refractivity contribution in [3.05, 3.63) is 29.6 Å². The maximum atomic E-state index is 14.2. The zero-order valence-corrected chi connectivity index (χ0v) is 12.3. The quantitative estimate of drug-likeness (QED) is 0.899. The van der Waals surface area contributed by atoms with Crippen LogP contribution in [0.1, 0.15) is 44.8 Å². The third-order valence-corrected chi connectivity index (χ3v) is 3.73. The van der Waals surface area contributed by atoms with Crippen LogP contribution in [-0.4, -0.2) is 30.9 Å². The fraction of sp³-hybridized carbons (Fsp3) is 0.625. The van der Waals surface area contributed by atoms with Crippen molar-refractivity contribution in [2.45, 2.75) is 45.3 Å². The van der Waals surface area contributed by atoms with Crippen molar-refractivity contribution < 1.29 is 14.2 Å². The summed E-state index contributed by atoms with van der Waals surface area (Å²) in [6, 6.07) is 4.98. The number of hydrogen-bond acceptors (Lipinski definition) is 3. The van der Waals surface area contributed by atoms with Crippen LogP contribution in [0.3, 0.4) is 0 Å². The normalized spacial score (nSPS) is 21.0. The minimum atomic E-state index is -0.638. The first-order valence-corrected chi connectivity index (χ1v) is 7.46. The van der Waals surface area contributed by atoms with E-state index < -0.39 is 6.10 Å². The molecule has 0 spiro atoms. The molecule has 2 rings (SSSR count). The van der Waals surface area contributed by atoms with E-state index >= 15 is 0 Å². The van der Waals surface area contributed by atoms with Crippen LogP contribution in [0, 0.1) is 5.82 Å². The zero-order chi connectivity index (χ0) is 14.5. The number of aliphatic hydroxyl groups excluding tert-OH is 1. The molecule has 0 amide bonds. The highest BCUT2D eigenvalue weighted by Crippen LogP contribution is 2.26. The largest absolute Gasteiger partial charge is 0.389 e. The molecule has 0 aromatic heterocycles. The summed E-state index contributed by atoms with van der Waals surface area (Å²) in [5.41, 5.74) is 1.22. The molecule has 1 N–H and O–H groups in total. The number of ether oxygens (including phenoxy) is 1. The van der Waals surface area contributed by atoms with Crippen LogP contribution in [0.5, 0.6) is 0 Å². The van der Waals surface area contributed by atoms with E-state index in [0.29, 0.717) is 11.3 Å². The molecule has 1 fully saturated rings. The lowest BCUT2D eigenvalue weighted by atomic mass is 10.1. The Labute approximate surface area is 120 Å². The molecule has 1 saturated heterocycles. The molecule has 0 aliphatic carbocycles. The van der Waals surface area contributed by atoms with Gasteiger partial charge in [-0.15, -0.1) is 0 Å². The highest BCUT2D eigenvalue weighted by Gasteiger charge is 2.22. The Hall–Kier alpha value is -1.13. The van der Waals surface area contributed by atoms with E-state index in [0.717, 1.165) is 39.0 Å². The fourth-order valence-corrected chi connectivity index (χ4v) is 2.62. The molecule has 4 heteroatoms. The summed E-state index contributed by atoms with van der Waals surface area (Å²) in [7, 11) is 0. The van der Waals surface area contributed by atoms with Gasteiger partial charge in [-0.1, -0.05) is 13.0 Å². The van der Waals surface area contributed by atoms with E-state index in [1.807, 2.05) is 4.90 Å². The van der Waals surface area contributed by atoms with Gasteiger partial charge in [0.25, 0.3) is 0 Å². The number of piperidine rings is 1. The molecule has 0 saturated carbocycles. The van der Waals surface area contributed by atoms with Gasteiger partial charge in [0, 0.05) is 19.7 Å². The standard InChI is InChI=1S/C16H24FNO2/c1-3-9-20-14-5-4-8-18(11-14)16-7-6-13(12(2)19)10-15(16)17/h6-7,10,12,14,19H,3-5,8-9,11H2,1-2H3. The second kappa shape index (κ2) is 7.04. The second-order valence-corrected chi connectivity index (χ2v) is 5.47. The summed E-state index contributed by atoms with van der Waals surface area (Å²) in [6.07, 6.45) is 2.63. The third kappa shape index (κ3) is 3.70. The van der Waals surface area contributed by atoms with Crippen LogP contribution in [0.15, 0.2) is 18.2 Å². The van der Waals surface area contributed by atoms with Crippen molar-refractivity contribution in [3.8, 4) is 0 Å². The van der Waals surface area contributed by atoms with Gasteiger partial charge in [0.2, 0.25) is 0 Å². The molecule has 2 unspecified atom stereocenters. The van der Waals surface area contributed by atoms with Crippen LogP contribution >= 0.6 is 0 Å². The minimum absolute atomic E-state index is 0.194. The lowest BCUT2D eigenvalue weighted by Crippen LogP contribution is -2.40. The number of nitrogens with zero attached hydrogens (tertiary/aromatic N) is 1. The van der Waals surface area contributed by atoms with Crippen molar-refractivity contribution >= 4 is 5.69 Å². The van der Waals surface area contributed by atoms with Gasteiger partial charge < -0.3 is 14.7 Å². The highest BCUT2D eigenvalue weighted by atomic mass is 19.1. The van der Waals surface area contributed by atoms with Crippen molar-refractivity contribution in [3.63, 3.8) is 0 Å². The van der Waals surface area contributed by atoms with Gasteiger partial charge in [0.05, 0.1) is 17.9 Å². The number of hydrogen-bond donors (Lipinski definition) is 1. The summed E-state index contributed by atoms with van der Waals surface area (Å²) < 4.78 is 20.0. The lowest BCUT2D eigenvalue weighted by molar-refractivity contribution is 0.0439. The Morgan fingerprint density at radius 3 is 2.95 bits per heavy atom. The Morgan fingerprint density at radius 1 is 1.50 bits per heavy atom. The average molecular weight is 281 g/mol. The number of benzene rings is 1. The average Bonchev–Trinajstić information content (AvgIpc) is 2.45. The predicted octanol–water partition coefficient (Wildman–Crippen LogP) is 3.27. The number of halogens is 1. The van der Waals surface area contributed by atoms with E-state index in [4.69, 9.17) is 4.74 Å². The molecule has 1 aliphatic rings. The molecular formula is C16H24FNO2. The lowest BCUT2D eigenvalue weighted by Gasteiger charge is -2.34. The molecule has 0 radical (unpaired) electrons. The number of aliphatic hydroxyl groups is 1. The summed E-state index contributed by atoms with van der Waals surface area (Å²) in [6.45, 7) is 6.10. The maximum Gasteiger partial charge on any atom is 0.146 e. The molecule has 1 aliphatic heterocycles.